The highest BCUT2D eigenvalue weighted by molar-refractivity contribution is 5.61. The summed E-state index contributed by atoms with van der Waals surface area (Å²) in [7, 11) is 0. The second kappa shape index (κ2) is 2.67. The van der Waals surface area contributed by atoms with Crippen molar-refractivity contribution in [1.82, 2.24) is 15.0 Å². The van der Waals surface area contributed by atoms with E-state index in [4.69, 9.17) is 4.42 Å². The number of aromatic amines is 1. The second-order valence-electron chi connectivity index (χ2n) is 4.17. The quantitative estimate of drug-likeness (QED) is 0.682. The first-order valence-electron chi connectivity index (χ1n) is 4.33. The molecule has 0 amide bonds. The fourth-order valence-electron chi connectivity index (χ4n) is 1.10. The number of nitrogens with one attached hydrogen (secondary N) is 1. The summed E-state index contributed by atoms with van der Waals surface area (Å²) >= 11 is 0. The van der Waals surface area contributed by atoms with Gasteiger partial charge in [-0.25, -0.2) is 14.8 Å². The number of H-pyrrole nitrogens is 1. The van der Waals surface area contributed by atoms with Crippen LogP contribution in [-0.2, 0) is 5.41 Å². The minimum atomic E-state index is -0.522. The summed E-state index contributed by atoms with van der Waals surface area (Å²) in [5.74, 6) is -0.522. The lowest BCUT2D eigenvalue weighted by Gasteiger charge is -2.15. The Morgan fingerprint density at radius 1 is 1.43 bits per heavy atom. The Morgan fingerprint density at radius 2 is 2.14 bits per heavy atom. The summed E-state index contributed by atoms with van der Waals surface area (Å²) in [4.78, 5) is 21.6. The van der Waals surface area contributed by atoms with Crippen molar-refractivity contribution in [2.24, 2.45) is 0 Å². The van der Waals surface area contributed by atoms with Crippen molar-refractivity contribution in [3.8, 4) is 0 Å². The molecule has 0 atom stereocenters. The highest BCUT2D eigenvalue weighted by atomic mass is 16.4. The van der Waals surface area contributed by atoms with E-state index in [2.05, 4.69) is 15.0 Å². The first-order chi connectivity index (χ1) is 6.47. The Balaban J connectivity index is 2.67. The van der Waals surface area contributed by atoms with Gasteiger partial charge >= 0.3 is 5.76 Å². The van der Waals surface area contributed by atoms with Crippen LogP contribution in [0.25, 0.3) is 11.4 Å². The third-order valence-corrected chi connectivity index (χ3v) is 1.92. The molecular formula is C9H11N3O2. The van der Waals surface area contributed by atoms with Crippen LogP contribution in [0.4, 0.5) is 0 Å². The standard InChI is InChI=1S/C9H11N3O2/c1-9(2,3)5-4-10-6-7(11-5)14-8(13)12-6/h4H,1-3H3,(H,10,12,13). The first-order valence-corrected chi connectivity index (χ1v) is 4.33. The Labute approximate surface area is 80.2 Å². The molecule has 2 aromatic rings. The van der Waals surface area contributed by atoms with Crippen molar-refractivity contribution in [3.63, 3.8) is 0 Å². The molecule has 74 valence electrons. The van der Waals surface area contributed by atoms with E-state index in [1.807, 2.05) is 20.8 Å². The molecule has 2 aromatic heterocycles. The lowest BCUT2D eigenvalue weighted by atomic mass is 9.93. The summed E-state index contributed by atoms with van der Waals surface area (Å²) in [5, 5.41) is 0. The van der Waals surface area contributed by atoms with Crippen LogP contribution in [0.3, 0.4) is 0 Å². The SMILES string of the molecule is CC(C)(C)c1cnc2[nH]c(=O)oc2n1. The van der Waals surface area contributed by atoms with Crippen molar-refractivity contribution < 1.29 is 4.42 Å². The number of oxazole rings is 1. The van der Waals surface area contributed by atoms with Gasteiger partial charge in [0.25, 0.3) is 5.71 Å². The van der Waals surface area contributed by atoms with Gasteiger partial charge in [0.1, 0.15) is 0 Å². The maximum Gasteiger partial charge on any atom is 0.419 e. The number of rotatable bonds is 0. The molecule has 0 aliphatic carbocycles. The summed E-state index contributed by atoms with van der Waals surface area (Å²) in [6.45, 7) is 6.06. The molecule has 5 heteroatoms. The van der Waals surface area contributed by atoms with E-state index in [1.165, 1.54) is 0 Å². The largest absolute Gasteiger partial charge is 0.419 e. The molecule has 2 heterocycles. The van der Waals surface area contributed by atoms with Gasteiger partial charge in [0.05, 0.1) is 11.9 Å². The number of hydrogen-bond acceptors (Lipinski definition) is 4. The van der Waals surface area contributed by atoms with Crippen molar-refractivity contribution in [2.45, 2.75) is 26.2 Å². The molecule has 1 N–H and O–H groups in total. The van der Waals surface area contributed by atoms with Gasteiger partial charge in [0, 0.05) is 5.41 Å². The van der Waals surface area contributed by atoms with Crippen LogP contribution in [0, 0.1) is 0 Å². The minimum Gasteiger partial charge on any atom is -0.387 e. The van der Waals surface area contributed by atoms with Gasteiger partial charge in [-0.1, -0.05) is 20.8 Å². The summed E-state index contributed by atoms with van der Waals surface area (Å²) in [6, 6.07) is 0. The fourth-order valence-corrected chi connectivity index (χ4v) is 1.10. The zero-order valence-corrected chi connectivity index (χ0v) is 8.29. The van der Waals surface area contributed by atoms with Crippen LogP contribution in [0.5, 0.6) is 0 Å². The molecule has 14 heavy (non-hydrogen) atoms. The topological polar surface area (TPSA) is 71.8 Å². The fraction of sp³-hybridized carbons (Fsp3) is 0.444. The third kappa shape index (κ3) is 1.41. The average Bonchev–Trinajstić information content (AvgIpc) is 2.41. The van der Waals surface area contributed by atoms with E-state index < -0.39 is 5.76 Å². The highest BCUT2D eigenvalue weighted by Gasteiger charge is 2.17. The number of fused-ring (bicyclic) bond motifs is 1. The molecule has 0 aliphatic rings. The molecule has 2 rings (SSSR count). The van der Waals surface area contributed by atoms with Crippen molar-refractivity contribution in [3.05, 3.63) is 22.4 Å². The maximum absolute atomic E-state index is 10.8. The lowest BCUT2D eigenvalue weighted by Crippen LogP contribution is -2.13. The maximum atomic E-state index is 10.8. The van der Waals surface area contributed by atoms with E-state index in [1.54, 1.807) is 6.20 Å². The number of hydrogen-bond donors (Lipinski definition) is 1. The summed E-state index contributed by atoms with van der Waals surface area (Å²) < 4.78 is 4.82. The van der Waals surface area contributed by atoms with Crippen molar-refractivity contribution in [2.75, 3.05) is 0 Å². The summed E-state index contributed by atoms with van der Waals surface area (Å²) in [6.07, 6.45) is 1.65. The van der Waals surface area contributed by atoms with E-state index in [0.29, 0.717) is 5.65 Å². The van der Waals surface area contributed by atoms with Crippen LogP contribution in [0.1, 0.15) is 26.5 Å². The molecule has 0 spiro atoms. The van der Waals surface area contributed by atoms with E-state index in [9.17, 15) is 4.79 Å². The molecular weight excluding hydrogens is 182 g/mol. The Kier molecular flexibility index (Phi) is 1.70. The third-order valence-electron chi connectivity index (χ3n) is 1.92. The van der Waals surface area contributed by atoms with Gasteiger partial charge < -0.3 is 4.42 Å². The smallest absolute Gasteiger partial charge is 0.387 e. The molecule has 0 fully saturated rings. The van der Waals surface area contributed by atoms with Gasteiger partial charge in [-0.3, -0.25) is 4.98 Å². The highest BCUT2D eigenvalue weighted by Crippen LogP contribution is 2.20. The molecule has 0 aliphatic heterocycles. The number of nitrogens with zero attached hydrogens (tertiary/aromatic N) is 2. The van der Waals surface area contributed by atoms with Gasteiger partial charge in [0.15, 0.2) is 5.65 Å². The van der Waals surface area contributed by atoms with Gasteiger partial charge in [-0.15, -0.1) is 0 Å². The minimum absolute atomic E-state index is 0.100. The van der Waals surface area contributed by atoms with E-state index in [0.717, 1.165) is 5.69 Å². The molecule has 0 saturated carbocycles. The van der Waals surface area contributed by atoms with Crippen LogP contribution in [-0.4, -0.2) is 15.0 Å². The number of aromatic nitrogens is 3. The monoisotopic (exact) mass is 193 g/mol. The normalized spacial score (nSPS) is 12.2. The lowest BCUT2D eigenvalue weighted by molar-refractivity contribution is 0.528. The zero-order chi connectivity index (χ0) is 10.3. The zero-order valence-electron chi connectivity index (χ0n) is 8.29. The molecule has 0 saturated heterocycles. The Bertz CT molecular complexity index is 519. The van der Waals surface area contributed by atoms with Crippen molar-refractivity contribution in [1.29, 1.82) is 0 Å². The van der Waals surface area contributed by atoms with Crippen LogP contribution < -0.4 is 5.76 Å². The predicted octanol–water partition coefficient (Wildman–Crippen LogP) is 1.21. The van der Waals surface area contributed by atoms with Crippen molar-refractivity contribution >= 4 is 11.4 Å². The molecule has 0 bridgehead atoms. The second-order valence-corrected chi connectivity index (χ2v) is 4.17. The van der Waals surface area contributed by atoms with Crippen LogP contribution in [0.15, 0.2) is 15.4 Å². The summed E-state index contributed by atoms with van der Waals surface area (Å²) in [5.41, 5.74) is 1.36. The Morgan fingerprint density at radius 3 is 2.79 bits per heavy atom. The van der Waals surface area contributed by atoms with E-state index >= 15 is 0 Å². The van der Waals surface area contributed by atoms with Crippen LogP contribution >= 0.6 is 0 Å². The predicted molar refractivity (Wildman–Crippen MR) is 51.1 cm³/mol. The molecule has 0 unspecified atom stereocenters. The first kappa shape index (κ1) is 8.93. The molecule has 0 radical (unpaired) electrons. The van der Waals surface area contributed by atoms with E-state index in [-0.39, 0.29) is 11.1 Å². The van der Waals surface area contributed by atoms with Crippen LogP contribution in [0.2, 0.25) is 0 Å². The Hall–Kier alpha value is -1.65. The van der Waals surface area contributed by atoms with Gasteiger partial charge in [0.2, 0.25) is 0 Å². The average molecular weight is 193 g/mol. The molecule has 5 nitrogen and oxygen atoms in total. The van der Waals surface area contributed by atoms with Gasteiger partial charge in [-0.05, 0) is 0 Å². The molecule has 0 aromatic carbocycles. The van der Waals surface area contributed by atoms with Gasteiger partial charge in [-0.2, -0.15) is 0 Å².